The minimum atomic E-state index is -3.24. The lowest BCUT2D eigenvalue weighted by Gasteiger charge is -2.39. The van der Waals surface area contributed by atoms with E-state index < -0.39 is 9.84 Å². The molecule has 0 heterocycles. The van der Waals surface area contributed by atoms with Crippen molar-refractivity contribution in [2.24, 2.45) is 0 Å². The Morgan fingerprint density at radius 3 is 2.53 bits per heavy atom. The second-order valence-corrected chi connectivity index (χ2v) is 7.01. The molecule has 106 valence electrons. The third-order valence-electron chi connectivity index (χ3n) is 3.59. The zero-order valence-electron chi connectivity index (χ0n) is 11.0. The van der Waals surface area contributed by atoms with Gasteiger partial charge in [0.1, 0.15) is 0 Å². The van der Waals surface area contributed by atoms with Crippen molar-refractivity contribution >= 4 is 21.2 Å². The molecule has 0 spiro atoms. The topological polar surface area (TPSA) is 83.6 Å². The van der Waals surface area contributed by atoms with E-state index in [1.54, 1.807) is 12.1 Å². The van der Waals surface area contributed by atoms with Gasteiger partial charge in [-0.1, -0.05) is 0 Å². The van der Waals surface area contributed by atoms with Gasteiger partial charge in [-0.2, -0.15) is 0 Å². The van der Waals surface area contributed by atoms with Gasteiger partial charge in [0.15, 0.2) is 9.84 Å². The molecule has 0 saturated heterocycles. The number of aliphatic hydroxyl groups excluding tert-OH is 1. The molecule has 0 unspecified atom stereocenters. The first kappa shape index (κ1) is 14.1. The maximum atomic E-state index is 11.5. The first-order valence-electron chi connectivity index (χ1n) is 6.40. The second-order valence-electron chi connectivity index (χ2n) is 4.99. The van der Waals surface area contributed by atoms with Crippen molar-refractivity contribution in [1.29, 1.82) is 0 Å². The minimum Gasteiger partial charge on any atom is -0.397 e. The summed E-state index contributed by atoms with van der Waals surface area (Å²) in [7, 11) is -3.24. The van der Waals surface area contributed by atoms with E-state index in [4.69, 9.17) is 10.8 Å². The van der Waals surface area contributed by atoms with Crippen molar-refractivity contribution in [2.75, 3.05) is 30.0 Å². The molecule has 5 nitrogen and oxygen atoms in total. The van der Waals surface area contributed by atoms with Crippen molar-refractivity contribution < 1.29 is 13.5 Å². The highest BCUT2D eigenvalue weighted by Crippen LogP contribution is 2.33. The van der Waals surface area contributed by atoms with Crippen LogP contribution in [0.3, 0.4) is 0 Å². The monoisotopic (exact) mass is 284 g/mol. The summed E-state index contributed by atoms with van der Waals surface area (Å²) in [5, 5.41) is 9.16. The lowest BCUT2D eigenvalue weighted by Crippen LogP contribution is -2.42. The number of rotatable bonds is 5. The molecule has 1 aliphatic carbocycles. The number of hydrogen-bond donors (Lipinski definition) is 2. The summed E-state index contributed by atoms with van der Waals surface area (Å²) in [5.41, 5.74) is 7.24. The number of nitrogens with two attached hydrogens (primary N) is 1. The van der Waals surface area contributed by atoms with Crippen LogP contribution in [0, 0.1) is 0 Å². The molecule has 0 aromatic heterocycles. The fraction of sp³-hybridized carbons (Fsp3) is 0.538. The minimum absolute atomic E-state index is 0.0593. The van der Waals surface area contributed by atoms with Gasteiger partial charge in [0.25, 0.3) is 0 Å². The molecule has 1 fully saturated rings. The maximum Gasteiger partial charge on any atom is 0.175 e. The molecule has 19 heavy (non-hydrogen) atoms. The highest BCUT2D eigenvalue weighted by atomic mass is 32.2. The van der Waals surface area contributed by atoms with E-state index in [-0.39, 0.29) is 11.5 Å². The van der Waals surface area contributed by atoms with Crippen molar-refractivity contribution in [2.45, 2.75) is 30.2 Å². The van der Waals surface area contributed by atoms with Crippen LogP contribution >= 0.6 is 0 Å². The Balaban J connectivity index is 2.32. The predicted molar refractivity (Wildman–Crippen MR) is 76.0 cm³/mol. The first-order valence-corrected chi connectivity index (χ1v) is 8.29. The Morgan fingerprint density at radius 1 is 1.42 bits per heavy atom. The van der Waals surface area contributed by atoms with Crippen LogP contribution in [0.15, 0.2) is 23.1 Å². The number of sulfone groups is 1. The van der Waals surface area contributed by atoms with Crippen LogP contribution in [0.25, 0.3) is 0 Å². The number of benzene rings is 1. The van der Waals surface area contributed by atoms with Crippen LogP contribution in [0.4, 0.5) is 11.4 Å². The molecule has 0 amide bonds. The summed E-state index contributed by atoms with van der Waals surface area (Å²) < 4.78 is 23.0. The van der Waals surface area contributed by atoms with Gasteiger partial charge in [0.05, 0.1) is 22.9 Å². The summed E-state index contributed by atoms with van der Waals surface area (Å²) in [4.78, 5) is 2.30. The average molecular weight is 284 g/mol. The summed E-state index contributed by atoms with van der Waals surface area (Å²) in [6.07, 6.45) is 4.54. The van der Waals surface area contributed by atoms with Gasteiger partial charge in [-0.15, -0.1) is 0 Å². The van der Waals surface area contributed by atoms with E-state index in [2.05, 4.69) is 4.90 Å². The van der Waals surface area contributed by atoms with E-state index in [0.717, 1.165) is 18.5 Å². The van der Waals surface area contributed by atoms with Crippen molar-refractivity contribution in [3.63, 3.8) is 0 Å². The van der Waals surface area contributed by atoms with Crippen LogP contribution < -0.4 is 10.6 Å². The van der Waals surface area contributed by atoms with E-state index in [0.29, 0.717) is 18.3 Å². The molecule has 1 aromatic carbocycles. The van der Waals surface area contributed by atoms with Gasteiger partial charge in [0, 0.05) is 18.8 Å². The molecule has 0 atom stereocenters. The van der Waals surface area contributed by atoms with Gasteiger partial charge in [-0.25, -0.2) is 8.42 Å². The highest BCUT2D eigenvalue weighted by Gasteiger charge is 2.26. The zero-order valence-corrected chi connectivity index (χ0v) is 11.9. The second kappa shape index (κ2) is 5.38. The van der Waals surface area contributed by atoms with E-state index in [1.807, 2.05) is 0 Å². The fourth-order valence-electron chi connectivity index (χ4n) is 2.33. The van der Waals surface area contributed by atoms with Crippen LogP contribution in [0.5, 0.6) is 0 Å². The lowest BCUT2D eigenvalue weighted by molar-refractivity contribution is 0.284. The maximum absolute atomic E-state index is 11.5. The van der Waals surface area contributed by atoms with Crippen LogP contribution in [-0.4, -0.2) is 39.0 Å². The molecular weight excluding hydrogens is 264 g/mol. The van der Waals surface area contributed by atoms with Crippen molar-refractivity contribution in [1.82, 2.24) is 0 Å². The smallest absolute Gasteiger partial charge is 0.175 e. The molecule has 1 aliphatic rings. The Bertz CT molecular complexity index is 553. The quantitative estimate of drug-likeness (QED) is 0.789. The molecular formula is C13H20N2O3S. The molecule has 1 aromatic rings. The largest absolute Gasteiger partial charge is 0.397 e. The summed E-state index contributed by atoms with van der Waals surface area (Å²) in [6.45, 7) is 0.580. The van der Waals surface area contributed by atoms with Crippen LogP contribution in [-0.2, 0) is 9.84 Å². The molecule has 2 rings (SSSR count). The van der Waals surface area contributed by atoms with Crippen LogP contribution in [0.2, 0.25) is 0 Å². The first-order chi connectivity index (χ1) is 8.93. The third-order valence-corrected chi connectivity index (χ3v) is 4.70. The molecule has 0 radical (unpaired) electrons. The van der Waals surface area contributed by atoms with Crippen molar-refractivity contribution in [3.8, 4) is 0 Å². The summed E-state index contributed by atoms with van der Waals surface area (Å²) >= 11 is 0. The summed E-state index contributed by atoms with van der Waals surface area (Å²) in [6, 6.07) is 5.20. The highest BCUT2D eigenvalue weighted by molar-refractivity contribution is 7.90. The van der Waals surface area contributed by atoms with Crippen molar-refractivity contribution in [3.05, 3.63) is 18.2 Å². The Labute approximate surface area is 113 Å². The number of aliphatic hydroxyl groups is 1. The lowest BCUT2D eigenvalue weighted by atomic mass is 9.91. The van der Waals surface area contributed by atoms with Gasteiger partial charge in [-0.05, 0) is 37.5 Å². The summed E-state index contributed by atoms with van der Waals surface area (Å²) in [5.74, 6) is 0. The van der Waals surface area contributed by atoms with Gasteiger partial charge >= 0.3 is 0 Å². The Kier molecular flexibility index (Phi) is 4.01. The third kappa shape index (κ3) is 3.01. The molecule has 6 heteroatoms. The predicted octanol–water partition coefficient (Wildman–Crippen LogP) is 1.02. The average Bonchev–Trinajstić information content (AvgIpc) is 2.24. The molecule has 1 saturated carbocycles. The molecule has 3 N–H and O–H groups in total. The van der Waals surface area contributed by atoms with Gasteiger partial charge < -0.3 is 15.7 Å². The Hall–Kier alpha value is -1.27. The molecule has 0 aliphatic heterocycles. The number of nitrogen functional groups attached to an aromatic ring is 1. The van der Waals surface area contributed by atoms with E-state index >= 15 is 0 Å². The number of anilines is 2. The van der Waals surface area contributed by atoms with E-state index in [1.165, 1.54) is 18.7 Å². The Morgan fingerprint density at radius 2 is 2.11 bits per heavy atom. The van der Waals surface area contributed by atoms with Gasteiger partial charge in [-0.3, -0.25) is 0 Å². The van der Waals surface area contributed by atoms with E-state index in [9.17, 15) is 8.42 Å². The normalized spacial score (nSPS) is 16.1. The van der Waals surface area contributed by atoms with Gasteiger partial charge in [0.2, 0.25) is 0 Å². The standard InChI is InChI=1S/C13H20N2O3S/c1-19(17,18)11-5-6-13(12(14)9-11)15(7-8-16)10-3-2-4-10/h5-6,9-10,16H,2-4,7-8,14H2,1H3. The number of nitrogens with zero attached hydrogens (tertiary/aromatic N) is 1. The SMILES string of the molecule is CS(=O)(=O)c1ccc(N(CCO)C2CCC2)c(N)c1. The zero-order chi connectivity index (χ0) is 14.0. The number of hydrogen-bond acceptors (Lipinski definition) is 5. The van der Waals surface area contributed by atoms with Crippen LogP contribution in [0.1, 0.15) is 19.3 Å². The molecule has 0 bridgehead atoms. The fourth-order valence-corrected chi connectivity index (χ4v) is 2.99.